The number of aryl methyl sites for hydroxylation is 2. The summed E-state index contributed by atoms with van der Waals surface area (Å²) < 4.78 is 0.883. The highest BCUT2D eigenvalue weighted by molar-refractivity contribution is 7.16. The Kier molecular flexibility index (Phi) is 3.87. The van der Waals surface area contributed by atoms with E-state index in [2.05, 4.69) is 42.6 Å². The van der Waals surface area contributed by atoms with E-state index in [0.717, 1.165) is 9.90 Å². The van der Waals surface area contributed by atoms with Crippen molar-refractivity contribution in [2.24, 2.45) is 0 Å². The highest BCUT2D eigenvalue weighted by atomic mass is 35.5. The van der Waals surface area contributed by atoms with Crippen LogP contribution in [0.2, 0.25) is 4.34 Å². The second kappa shape index (κ2) is 5.21. The Morgan fingerprint density at radius 2 is 1.88 bits per heavy atom. The smallest absolute Gasteiger partial charge is 0.0961 e. The number of halogens is 1. The minimum atomic E-state index is 0.229. The summed E-state index contributed by atoms with van der Waals surface area (Å²) in [6.07, 6.45) is 0. The van der Waals surface area contributed by atoms with Gasteiger partial charge >= 0.3 is 0 Å². The molecule has 0 spiro atoms. The molecule has 0 aliphatic heterocycles. The third-order valence-electron chi connectivity index (χ3n) is 2.95. The minimum Gasteiger partial charge on any atom is -0.309 e. The van der Waals surface area contributed by atoms with Crippen molar-refractivity contribution in [3.05, 3.63) is 56.2 Å². The zero-order chi connectivity index (χ0) is 12.4. The molecular weight excluding hydrogens is 250 g/mol. The van der Waals surface area contributed by atoms with Gasteiger partial charge in [0, 0.05) is 4.88 Å². The number of nitrogens with one attached hydrogen (secondary N) is 1. The lowest BCUT2D eigenvalue weighted by molar-refractivity contribution is 0.699. The van der Waals surface area contributed by atoms with Crippen molar-refractivity contribution in [3.63, 3.8) is 0 Å². The summed E-state index contributed by atoms with van der Waals surface area (Å²) in [6.45, 7) is 4.19. The Morgan fingerprint density at radius 3 is 2.41 bits per heavy atom. The molecule has 17 heavy (non-hydrogen) atoms. The van der Waals surface area contributed by atoms with Crippen LogP contribution in [0.15, 0.2) is 30.3 Å². The van der Waals surface area contributed by atoms with Gasteiger partial charge in [0.05, 0.1) is 10.4 Å². The number of hydrogen-bond acceptors (Lipinski definition) is 2. The van der Waals surface area contributed by atoms with Crippen LogP contribution in [-0.2, 0) is 0 Å². The summed E-state index contributed by atoms with van der Waals surface area (Å²) in [7, 11) is 1.99. The van der Waals surface area contributed by atoms with E-state index in [0.29, 0.717) is 0 Å². The summed E-state index contributed by atoms with van der Waals surface area (Å²) in [6, 6.07) is 10.8. The van der Waals surface area contributed by atoms with Crippen molar-refractivity contribution in [2.45, 2.75) is 19.9 Å². The molecule has 2 rings (SSSR count). The molecule has 1 aromatic heterocycles. The molecule has 3 heteroatoms. The molecule has 1 atom stereocenters. The van der Waals surface area contributed by atoms with Crippen LogP contribution in [0.25, 0.3) is 0 Å². The zero-order valence-electron chi connectivity index (χ0n) is 10.3. The average Bonchev–Trinajstić information content (AvgIpc) is 2.63. The van der Waals surface area contributed by atoms with E-state index in [4.69, 9.17) is 11.6 Å². The summed E-state index contributed by atoms with van der Waals surface area (Å²) in [5, 5.41) is 3.37. The highest BCUT2D eigenvalue weighted by Crippen LogP contribution is 2.34. The van der Waals surface area contributed by atoms with Gasteiger partial charge in [-0.05, 0) is 43.7 Å². The Labute approximate surface area is 111 Å². The van der Waals surface area contributed by atoms with Gasteiger partial charge in [-0.1, -0.05) is 35.9 Å². The molecule has 0 fully saturated rings. The normalized spacial score (nSPS) is 12.7. The molecule has 0 radical (unpaired) electrons. The third kappa shape index (κ3) is 2.54. The lowest BCUT2D eigenvalue weighted by Gasteiger charge is -2.17. The maximum atomic E-state index is 6.15. The van der Waals surface area contributed by atoms with Gasteiger partial charge in [0.2, 0.25) is 0 Å². The molecule has 1 aromatic carbocycles. The Morgan fingerprint density at radius 1 is 1.18 bits per heavy atom. The number of thiophene rings is 1. The van der Waals surface area contributed by atoms with Gasteiger partial charge in [-0.2, -0.15) is 0 Å². The highest BCUT2D eigenvalue weighted by Gasteiger charge is 2.17. The Bertz CT molecular complexity index is 499. The topological polar surface area (TPSA) is 12.0 Å². The molecule has 1 N–H and O–H groups in total. The van der Waals surface area contributed by atoms with Gasteiger partial charge in [-0.25, -0.2) is 0 Å². The Balaban J connectivity index is 2.44. The van der Waals surface area contributed by atoms with Crippen LogP contribution in [-0.4, -0.2) is 7.05 Å². The van der Waals surface area contributed by atoms with E-state index in [1.165, 1.54) is 16.0 Å². The first-order chi connectivity index (χ1) is 8.13. The molecule has 0 saturated carbocycles. The zero-order valence-corrected chi connectivity index (χ0v) is 11.8. The molecular formula is C14H16ClNS. The van der Waals surface area contributed by atoms with Crippen molar-refractivity contribution in [1.29, 1.82) is 0 Å². The third-order valence-corrected chi connectivity index (χ3v) is 4.57. The molecule has 0 amide bonds. The maximum Gasteiger partial charge on any atom is 0.0961 e. The molecule has 1 nitrogen and oxygen atoms in total. The lowest BCUT2D eigenvalue weighted by Crippen LogP contribution is -2.17. The van der Waals surface area contributed by atoms with Crippen molar-refractivity contribution in [1.82, 2.24) is 5.32 Å². The Hall–Kier alpha value is -0.830. The van der Waals surface area contributed by atoms with Crippen LogP contribution in [0.3, 0.4) is 0 Å². The van der Waals surface area contributed by atoms with E-state index < -0.39 is 0 Å². The largest absolute Gasteiger partial charge is 0.309 e. The quantitative estimate of drug-likeness (QED) is 0.871. The standard InChI is InChI=1S/C14H16ClNS/c1-9-6-4-5-7-11(9)13(16-3)12-8-10(2)14(15)17-12/h4-8,13,16H,1-3H3. The van der Waals surface area contributed by atoms with Crippen LogP contribution in [0, 0.1) is 13.8 Å². The first kappa shape index (κ1) is 12.6. The van der Waals surface area contributed by atoms with Gasteiger partial charge in [0.1, 0.15) is 0 Å². The van der Waals surface area contributed by atoms with E-state index in [-0.39, 0.29) is 6.04 Å². The van der Waals surface area contributed by atoms with Gasteiger partial charge in [0.25, 0.3) is 0 Å². The SMILES string of the molecule is CNC(c1cc(C)c(Cl)s1)c1ccccc1C. The number of benzene rings is 1. The summed E-state index contributed by atoms with van der Waals surface area (Å²) in [5.41, 5.74) is 3.77. The van der Waals surface area contributed by atoms with Crippen LogP contribution >= 0.6 is 22.9 Å². The lowest BCUT2D eigenvalue weighted by atomic mass is 10.00. The summed E-state index contributed by atoms with van der Waals surface area (Å²) in [5.74, 6) is 0. The summed E-state index contributed by atoms with van der Waals surface area (Å²) >= 11 is 7.80. The number of hydrogen-bond donors (Lipinski definition) is 1. The van der Waals surface area contributed by atoms with Crippen LogP contribution < -0.4 is 5.32 Å². The summed E-state index contributed by atoms with van der Waals surface area (Å²) in [4.78, 5) is 1.27. The van der Waals surface area contributed by atoms with E-state index in [1.54, 1.807) is 11.3 Å². The predicted molar refractivity (Wildman–Crippen MR) is 76.1 cm³/mol. The fourth-order valence-electron chi connectivity index (χ4n) is 1.99. The van der Waals surface area contributed by atoms with Gasteiger partial charge < -0.3 is 5.32 Å². The number of rotatable bonds is 3. The van der Waals surface area contributed by atoms with E-state index >= 15 is 0 Å². The average molecular weight is 266 g/mol. The van der Waals surface area contributed by atoms with E-state index in [1.807, 2.05) is 14.0 Å². The van der Waals surface area contributed by atoms with Crippen LogP contribution in [0.1, 0.15) is 27.6 Å². The van der Waals surface area contributed by atoms with Gasteiger partial charge in [0.15, 0.2) is 0 Å². The van der Waals surface area contributed by atoms with Crippen LogP contribution in [0.4, 0.5) is 0 Å². The van der Waals surface area contributed by atoms with Gasteiger partial charge in [-0.15, -0.1) is 11.3 Å². The predicted octanol–water partition coefficient (Wildman–Crippen LogP) is 4.33. The van der Waals surface area contributed by atoms with Crippen LogP contribution in [0.5, 0.6) is 0 Å². The minimum absolute atomic E-state index is 0.229. The first-order valence-corrected chi connectivity index (χ1v) is 6.81. The fourth-order valence-corrected chi connectivity index (χ4v) is 3.33. The van der Waals surface area contributed by atoms with E-state index in [9.17, 15) is 0 Å². The van der Waals surface area contributed by atoms with Crippen molar-refractivity contribution in [2.75, 3.05) is 7.05 Å². The monoisotopic (exact) mass is 265 g/mol. The second-order valence-electron chi connectivity index (χ2n) is 4.18. The van der Waals surface area contributed by atoms with Crippen molar-refractivity contribution in [3.8, 4) is 0 Å². The molecule has 90 valence electrons. The fraction of sp³-hybridized carbons (Fsp3) is 0.286. The molecule has 2 aromatic rings. The molecule has 0 aliphatic carbocycles. The molecule has 0 saturated heterocycles. The maximum absolute atomic E-state index is 6.15. The molecule has 0 bridgehead atoms. The molecule has 1 unspecified atom stereocenters. The van der Waals surface area contributed by atoms with Gasteiger partial charge in [-0.3, -0.25) is 0 Å². The first-order valence-electron chi connectivity index (χ1n) is 5.62. The van der Waals surface area contributed by atoms with Crippen molar-refractivity contribution < 1.29 is 0 Å². The second-order valence-corrected chi connectivity index (χ2v) is 5.87. The molecule has 0 aliphatic rings. The molecule has 1 heterocycles. The van der Waals surface area contributed by atoms with Crippen molar-refractivity contribution >= 4 is 22.9 Å².